The largest absolute Gasteiger partial charge is 0.453 e. The molecular formula is C23H17B2F3N6O6. The third-order valence-corrected chi connectivity index (χ3v) is 6.17. The Balaban J connectivity index is 1.70. The van der Waals surface area contributed by atoms with Gasteiger partial charge in [0.15, 0.2) is 11.6 Å². The molecule has 202 valence electrons. The van der Waals surface area contributed by atoms with Crippen molar-refractivity contribution in [2.75, 3.05) is 5.32 Å². The molecule has 0 unspecified atom stereocenters. The molecule has 17 heteroatoms. The van der Waals surface area contributed by atoms with E-state index < -0.39 is 53.6 Å². The number of benzene rings is 1. The average molecular weight is 552 g/mol. The summed E-state index contributed by atoms with van der Waals surface area (Å²) in [5, 5.41) is 44.5. The van der Waals surface area contributed by atoms with Gasteiger partial charge in [-0.3, -0.25) is 9.48 Å². The number of anilines is 1. The smallest absolute Gasteiger partial charge is 0.413 e. The van der Waals surface area contributed by atoms with Gasteiger partial charge in [0.1, 0.15) is 44.3 Å². The maximum Gasteiger partial charge on any atom is 0.453 e. The van der Waals surface area contributed by atoms with E-state index in [1.54, 1.807) is 30.3 Å². The van der Waals surface area contributed by atoms with Gasteiger partial charge < -0.3 is 30.5 Å². The molecule has 5 N–H and O–H groups in total. The summed E-state index contributed by atoms with van der Waals surface area (Å²) < 4.78 is 46.1. The Hall–Kier alpha value is -4.05. The second-order valence-corrected chi connectivity index (χ2v) is 9.12. The molecule has 4 aromatic rings. The molecule has 12 nitrogen and oxygen atoms in total. The van der Waals surface area contributed by atoms with Gasteiger partial charge in [-0.2, -0.15) is 18.3 Å². The number of alkyl halides is 3. The van der Waals surface area contributed by atoms with Crippen LogP contribution >= 0.6 is 0 Å². The Labute approximate surface area is 225 Å². The Kier molecular flexibility index (Phi) is 6.37. The van der Waals surface area contributed by atoms with Crippen LogP contribution in [0.2, 0.25) is 0 Å². The maximum atomic E-state index is 13.6. The highest BCUT2D eigenvalue weighted by Crippen LogP contribution is 2.58. The second-order valence-electron chi connectivity index (χ2n) is 9.12. The molecule has 1 aliphatic carbocycles. The van der Waals surface area contributed by atoms with Gasteiger partial charge in [-0.15, -0.1) is 0 Å². The Morgan fingerprint density at radius 2 is 1.73 bits per heavy atom. The third kappa shape index (κ3) is 5.11. The first-order valence-electron chi connectivity index (χ1n) is 11.5. The number of aliphatic hydroxyl groups is 4. The summed E-state index contributed by atoms with van der Waals surface area (Å²) in [6.07, 6.45) is -7.25. The Morgan fingerprint density at radius 3 is 2.30 bits per heavy atom. The molecule has 0 atom stereocenters. The van der Waals surface area contributed by atoms with Crippen LogP contribution in [0.5, 0.6) is 5.75 Å². The molecule has 1 amide bonds. The molecule has 0 bridgehead atoms. The lowest BCUT2D eigenvalue weighted by molar-refractivity contribution is -0.419. The minimum absolute atomic E-state index is 0.0154. The number of nitrogens with zero attached hydrogens (tertiary/aromatic N) is 5. The van der Waals surface area contributed by atoms with E-state index in [4.69, 9.17) is 15.7 Å². The Morgan fingerprint density at radius 1 is 1.05 bits per heavy atom. The van der Waals surface area contributed by atoms with Crippen molar-refractivity contribution in [2.24, 2.45) is 5.41 Å². The summed E-state index contributed by atoms with van der Waals surface area (Å²) in [6, 6.07) is 9.53. The minimum atomic E-state index is -4.86. The molecule has 40 heavy (non-hydrogen) atoms. The Bertz CT molecular complexity index is 1600. The third-order valence-electron chi connectivity index (χ3n) is 6.17. The van der Waals surface area contributed by atoms with Gasteiger partial charge in [-0.05, 0) is 12.8 Å². The van der Waals surface area contributed by atoms with Crippen LogP contribution in [0, 0.1) is 5.41 Å². The van der Waals surface area contributed by atoms with Gasteiger partial charge in [0, 0.05) is 23.4 Å². The van der Waals surface area contributed by atoms with Crippen LogP contribution in [-0.4, -0.2) is 79.1 Å². The van der Waals surface area contributed by atoms with Crippen LogP contribution in [-0.2, 0) is 10.3 Å². The van der Waals surface area contributed by atoms with Crippen molar-refractivity contribution in [3.63, 3.8) is 0 Å². The molecule has 0 spiro atoms. The summed E-state index contributed by atoms with van der Waals surface area (Å²) in [6.45, 7) is 0. The molecule has 1 fully saturated rings. The molecule has 1 saturated carbocycles. The van der Waals surface area contributed by atoms with Crippen molar-refractivity contribution < 1.29 is 43.1 Å². The summed E-state index contributed by atoms with van der Waals surface area (Å²) in [4.78, 5) is 25.1. The SMILES string of the molecule is [B]C([B])(O)n1cc(-c2ncnc3cc(OC(O)(O)O)c(NC(=O)C4(C(F)(F)F)CC4)nc23)c(-c2ccccc2)n1. The molecule has 4 radical (unpaired) electrons. The quantitative estimate of drug-likeness (QED) is 0.162. The van der Waals surface area contributed by atoms with Crippen molar-refractivity contribution >= 4 is 38.5 Å². The number of carbonyl (C=O) groups is 1. The lowest BCUT2D eigenvalue weighted by atomic mass is 9.73. The van der Waals surface area contributed by atoms with Crippen LogP contribution in [0.25, 0.3) is 33.5 Å². The molecule has 0 aliphatic heterocycles. The van der Waals surface area contributed by atoms with Crippen molar-refractivity contribution in [1.82, 2.24) is 24.7 Å². The van der Waals surface area contributed by atoms with Crippen molar-refractivity contribution in [1.29, 1.82) is 0 Å². The number of pyridine rings is 1. The second kappa shape index (κ2) is 9.26. The van der Waals surface area contributed by atoms with E-state index in [2.05, 4.69) is 24.8 Å². The fourth-order valence-corrected chi connectivity index (χ4v) is 4.01. The first-order chi connectivity index (χ1) is 18.6. The van der Waals surface area contributed by atoms with Crippen molar-refractivity contribution in [3.05, 3.63) is 48.9 Å². The molecule has 5 rings (SSSR count). The van der Waals surface area contributed by atoms with E-state index in [1.807, 2.05) is 5.32 Å². The summed E-state index contributed by atoms with van der Waals surface area (Å²) in [7, 11) is 11.2. The predicted octanol–water partition coefficient (Wildman–Crippen LogP) is 0.700. The zero-order valence-corrected chi connectivity index (χ0v) is 20.2. The van der Waals surface area contributed by atoms with Crippen LogP contribution in [0.15, 0.2) is 48.9 Å². The minimum Gasteiger partial charge on any atom is -0.413 e. The lowest BCUT2D eigenvalue weighted by Gasteiger charge is -2.21. The summed E-state index contributed by atoms with van der Waals surface area (Å²) in [5.41, 5.74) is -4.30. The van der Waals surface area contributed by atoms with Gasteiger partial charge in [-0.25, -0.2) is 15.0 Å². The van der Waals surface area contributed by atoms with Crippen LogP contribution in [0.1, 0.15) is 12.8 Å². The monoisotopic (exact) mass is 552 g/mol. The molecule has 1 aliphatic rings. The number of amides is 1. The predicted molar refractivity (Wildman–Crippen MR) is 132 cm³/mol. The summed E-state index contributed by atoms with van der Waals surface area (Å²) >= 11 is 0. The number of hydrogen-bond acceptors (Lipinski definition) is 10. The van der Waals surface area contributed by atoms with Gasteiger partial charge in [0.2, 0.25) is 5.91 Å². The molecule has 1 aromatic carbocycles. The van der Waals surface area contributed by atoms with Crippen molar-refractivity contribution in [2.45, 2.75) is 30.7 Å². The molecular weight excluding hydrogens is 535 g/mol. The van der Waals surface area contributed by atoms with E-state index >= 15 is 0 Å². The fraction of sp³-hybridized carbons (Fsp3) is 0.261. The number of carbonyl (C=O) groups excluding carboxylic acids is 1. The zero-order valence-electron chi connectivity index (χ0n) is 20.2. The summed E-state index contributed by atoms with van der Waals surface area (Å²) in [5.74, 6) is -2.88. The fourth-order valence-electron chi connectivity index (χ4n) is 4.01. The molecule has 0 saturated heterocycles. The van der Waals surface area contributed by atoms with E-state index in [9.17, 15) is 38.4 Å². The first kappa shape index (κ1) is 27.5. The molecule has 3 aromatic heterocycles. The van der Waals surface area contributed by atoms with Crippen LogP contribution in [0.3, 0.4) is 0 Å². The average Bonchev–Trinajstić information content (AvgIpc) is 3.56. The van der Waals surface area contributed by atoms with Crippen LogP contribution < -0.4 is 10.1 Å². The van der Waals surface area contributed by atoms with E-state index in [1.165, 1.54) is 6.20 Å². The highest BCUT2D eigenvalue weighted by atomic mass is 19.4. The van der Waals surface area contributed by atoms with Gasteiger partial charge >= 0.3 is 12.3 Å². The highest BCUT2D eigenvalue weighted by Gasteiger charge is 2.68. The number of halogens is 3. The normalized spacial score (nSPS) is 15.2. The molecule has 3 heterocycles. The van der Waals surface area contributed by atoms with E-state index in [-0.39, 0.29) is 28.0 Å². The topological polar surface area (TPSA) is 176 Å². The maximum absolute atomic E-state index is 13.6. The van der Waals surface area contributed by atoms with Crippen LogP contribution in [0.4, 0.5) is 19.0 Å². The van der Waals surface area contributed by atoms with Gasteiger partial charge in [-0.1, -0.05) is 30.3 Å². The zero-order chi connectivity index (χ0) is 29.1. The number of rotatable bonds is 7. The van der Waals surface area contributed by atoms with E-state index in [0.29, 0.717) is 5.56 Å². The lowest BCUT2D eigenvalue weighted by Crippen LogP contribution is -2.38. The van der Waals surface area contributed by atoms with Crippen molar-refractivity contribution in [3.8, 4) is 28.3 Å². The number of nitrogens with one attached hydrogen (secondary N) is 1. The number of ether oxygens (including phenoxy) is 1. The van der Waals surface area contributed by atoms with Gasteiger partial charge in [0.05, 0.1) is 11.0 Å². The first-order valence-corrected chi connectivity index (χ1v) is 11.5. The number of fused-ring (bicyclic) bond motifs is 1. The highest BCUT2D eigenvalue weighted by molar-refractivity contribution is 6.36. The number of hydrogen-bond donors (Lipinski definition) is 5. The van der Waals surface area contributed by atoms with E-state index in [0.717, 1.165) is 17.1 Å². The standard InChI is InChI=1S/C23H17B2F3N6O6/c24-22(25,36)34-9-12(15(33-34)11-4-2-1-3-5-11)16-17-13(29-10-30-16)8-14(40-23(37,38)39)18(31-17)32-19(35)20(6-7-20)21(26,27)28/h1-5,8-10,36-39H,6-7H2,(H,31,32,35). The number of aromatic nitrogens is 5. The van der Waals surface area contributed by atoms with Gasteiger partial charge in [0.25, 0.3) is 0 Å².